The third-order valence-electron chi connectivity index (χ3n) is 18.6. The topological polar surface area (TPSA) is 300 Å². The van der Waals surface area contributed by atoms with E-state index in [9.17, 15) is 38.7 Å². The predicted octanol–water partition coefficient (Wildman–Crippen LogP) is 2.43. The summed E-state index contributed by atoms with van der Waals surface area (Å²) < 4.78 is 12.2. The van der Waals surface area contributed by atoms with Crippen molar-refractivity contribution in [3.8, 4) is 0 Å². The van der Waals surface area contributed by atoms with Gasteiger partial charge in [-0.2, -0.15) is 0 Å². The van der Waals surface area contributed by atoms with Gasteiger partial charge in [0, 0.05) is 68.3 Å². The first-order valence-electron chi connectivity index (χ1n) is 33.8. The number of amides is 11. The van der Waals surface area contributed by atoms with Gasteiger partial charge in [-0.05, 0) is 88.5 Å². The lowest BCUT2D eigenvalue weighted by Crippen LogP contribution is -2.64. The van der Waals surface area contributed by atoms with Crippen LogP contribution in [-0.4, -0.2) is 277 Å². The molecule has 2 aliphatic rings. The van der Waals surface area contributed by atoms with Crippen LogP contribution in [0.1, 0.15) is 157 Å². The number of ether oxygens (including phenoxy) is 2. The number of hydrogen-bond acceptors (Lipinski definition) is 15. The minimum absolute atomic E-state index is 0.00126. The van der Waals surface area contributed by atoms with Gasteiger partial charge >= 0.3 is 0 Å². The fourth-order valence-corrected chi connectivity index (χ4v) is 12.2. The average molecular weight is 1320 g/mol. The van der Waals surface area contributed by atoms with E-state index < -0.39 is 161 Å². The van der Waals surface area contributed by atoms with Crippen LogP contribution in [0.3, 0.4) is 0 Å². The van der Waals surface area contributed by atoms with Crippen LogP contribution in [-0.2, 0) is 62.2 Å². The number of carbonyl (C=O) groups excluding carboxylic acids is 11. The standard InChI is InChI=1S/C67H122N12O14/c1-26-42(14)56(80)55-60(84)70-48(27-2)63(87)72(19)46(18)62(86)77(24)54(43(15)35-92-36-47-34-79(28-3)29-30-93-47)59(83)71-52(40(10)11)66(90)73(20)49(31-37(4)5)58(82)68-44(16)57(81)69-45(17)61(85)74(21)50(32-38(6)7)64(88)75(22)51(33-39(8)9)65(89)76(23)53(41(12)13)67(91)78(55)25/h37-56,80H,26-36H2,1-25H3,(H,68,82)(H,69,81)(H,70,84)(H,71,83)/t42-,43-,44+,45-,46-,47+,48+,49+,50+,51+,52+,53+,54+,55+,56-/m1/s1. The van der Waals surface area contributed by atoms with Gasteiger partial charge in [-0.3, -0.25) is 57.6 Å². The highest BCUT2D eigenvalue weighted by Gasteiger charge is 2.46. The molecule has 26 nitrogen and oxygen atoms in total. The third kappa shape index (κ3) is 22.6. The van der Waals surface area contributed by atoms with Gasteiger partial charge in [0.2, 0.25) is 65.0 Å². The Morgan fingerprint density at radius 2 is 0.968 bits per heavy atom. The first-order valence-corrected chi connectivity index (χ1v) is 33.8. The molecule has 2 fully saturated rings. The van der Waals surface area contributed by atoms with Crippen molar-refractivity contribution < 1.29 is 67.3 Å². The van der Waals surface area contributed by atoms with Crippen LogP contribution in [0.4, 0.5) is 0 Å². The summed E-state index contributed by atoms with van der Waals surface area (Å²) in [4.78, 5) is 174. The summed E-state index contributed by atoms with van der Waals surface area (Å²) in [5.41, 5.74) is 0. The number of carbonyl (C=O) groups is 11. The van der Waals surface area contributed by atoms with Gasteiger partial charge in [-0.1, -0.05) is 110 Å². The van der Waals surface area contributed by atoms with E-state index in [0.717, 1.165) is 22.9 Å². The first-order chi connectivity index (χ1) is 43.1. The van der Waals surface area contributed by atoms with Crippen LogP contribution in [0.25, 0.3) is 0 Å². The Morgan fingerprint density at radius 1 is 0.495 bits per heavy atom. The Morgan fingerprint density at radius 3 is 1.46 bits per heavy atom. The average Bonchev–Trinajstić information content (AvgIpc) is 1.02. The Kier molecular flexibility index (Phi) is 33.9. The van der Waals surface area contributed by atoms with E-state index >= 15 is 19.2 Å². The molecule has 0 aromatic carbocycles. The maximum absolute atomic E-state index is 15.2. The molecule has 2 rings (SSSR count). The molecule has 0 aliphatic carbocycles. The zero-order chi connectivity index (χ0) is 71.5. The number of aliphatic hydroxyl groups excluding tert-OH is 1. The highest BCUT2D eigenvalue weighted by Crippen LogP contribution is 2.26. The lowest BCUT2D eigenvalue weighted by molar-refractivity contribution is -0.157. The van der Waals surface area contributed by atoms with Crippen molar-refractivity contribution in [3.05, 3.63) is 0 Å². The highest BCUT2D eigenvalue weighted by atomic mass is 16.5. The molecule has 0 aromatic heterocycles. The Bertz CT molecular complexity index is 2520. The number of rotatable bonds is 18. The third-order valence-corrected chi connectivity index (χ3v) is 18.6. The van der Waals surface area contributed by atoms with Gasteiger partial charge in [0.05, 0.1) is 32.0 Å². The quantitative estimate of drug-likeness (QED) is 0.132. The molecule has 11 amide bonds. The summed E-state index contributed by atoms with van der Waals surface area (Å²) in [7, 11) is 9.92. The Labute approximate surface area is 556 Å². The van der Waals surface area contributed by atoms with Crippen molar-refractivity contribution in [1.29, 1.82) is 0 Å². The molecule has 26 heteroatoms. The maximum atomic E-state index is 15.2. The van der Waals surface area contributed by atoms with E-state index in [-0.39, 0.29) is 62.8 Å². The molecule has 5 N–H and O–H groups in total. The van der Waals surface area contributed by atoms with Gasteiger partial charge in [0.1, 0.15) is 66.5 Å². The van der Waals surface area contributed by atoms with Crippen molar-refractivity contribution in [3.63, 3.8) is 0 Å². The van der Waals surface area contributed by atoms with E-state index in [4.69, 9.17) is 9.47 Å². The highest BCUT2D eigenvalue weighted by molar-refractivity contribution is 6.00. The van der Waals surface area contributed by atoms with Crippen LogP contribution in [0.5, 0.6) is 0 Å². The molecule has 2 aliphatic heterocycles. The summed E-state index contributed by atoms with van der Waals surface area (Å²) in [5.74, 6) is -10.6. The molecule has 0 aromatic rings. The largest absolute Gasteiger partial charge is 0.390 e. The van der Waals surface area contributed by atoms with Crippen LogP contribution < -0.4 is 21.3 Å². The van der Waals surface area contributed by atoms with Gasteiger partial charge in [-0.25, -0.2) is 0 Å². The van der Waals surface area contributed by atoms with Crippen LogP contribution in [0.2, 0.25) is 0 Å². The summed E-state index contributed by atoms with van der Waals surface area (Å²) in [5, 5.41) is 23.1. The molecule has 15 atom stereocenters. The van der Waals surface area contributed by atoms with E-state index in [0.29, 0.717) is 19.6 Å². The molecular formula is C67H122N12O14. The molecule has 0 unspecified atom stereocenters. The molecule has 0 spiro atoms. The normalized spacial score (nSPS) is 28.6. The fraction of sp³-hybridized carbons (Fsp3) is 0.836. The lowest BCUT2D eigenvalue weighted by atomic mass is 9.92. The predicted molar refractivity (Wildman–Crippen MR) is 356 cm³/mol. The molecule has 534 valence electrons. The second-order valence-corrected chi connectivity index (χ2v) is 28.3. The van der Waals surface area contributed by atoms with Crippen molar-refractivity contribution in [2.75, 3.05) is 88.8 Å². The van der Waals surface area contributed by atoms with E-state index in [1.165, 1.54) is 94.6 Å². The summed E-state index contributed by atoms with van der Waals surface area (Å²) in [6.45, 7) is 34.3. The second-order valence-electron chi connectivity index (χ2n) is 28.3. The molecule has 2 heterocycles. The van der Waals surface area contributed by atoms with Gasteiger partial charge < -0.3 is 70.1 Å². The molecule has 0 bridgehead atoms. The monoisotopic (exact) mass is 1320 g/mol. The smallest absolute Gasteiger partial charge is 0.246 e. The maximum Gasteiger partial charge on any atom is 0.246 e. The van der Waals surface area contributed by atoms with Gasteiger partial charge in [0.15, 0.2) is 0 Å². The molecular weight excluding hydrogens is 1200 g/mol. The van der Waals surface area contributed by atoms with Crippen molar-refractivity contribution in [2.45, 2.75) is 235 Å². The van der Waals surface area contributed by atoms with Gasteiger partial charge in [-0.15, -0.1) is 0 Å². The van der Waals surface area contributed by atoms with Crippen LogP contribution in [0, 0.1) is 41.4 Å². The number of nitrogens with zero attached hydrogens (tertiary/aromatic N) is 8. The van der Waals surface area contributed by atoms with Gasteiger partial charge in [0.25, 0.3) is 0 Å². The number of morpholine rings is 1. The molecule has 93 heavy (non-hydrogen) atoms. The van der Waals surface area contributed by atoms with E-state index in [1.807, 2.05) is 48.5 Å². The number of hydrogen-bond donors (Lipinski definition) is 5. The van der Waals surface area contributed by atoms with Crippen LogP contribution >= 0.6 is 0 Å². The number of nitrogens with one attached hydrogen (secondary N) is 4. The molecule has 0 radical (unpaired) electrons. The SMILES string of the molecule is CC[C@@H]1NC(=O)[C@H]([C@H](O)[C@H](C)CC)N(C)C(=O)[C@H](C(C)C)N(C)C(=O)[C@H](CC(C)C)N(C)C(=O)[C@H](CC(C)C)N(C)C(=O)[C@@H](C)NC(=O)[C@H](C)NC(=O)[C@H](CC(C)C)N(C)C(=O)[C@H](C(C)C)NC(=O)[C@H]([C@H](C)COC[C@@H]2CN(CC)CCO2)N(C)C(=O)[C@@H](C)N(C)C1=O. The molecule has 0 saturated carbocycles. The van der Waals surface area contributed by atoms with E-state index in [2.05, 4.69) is 33.1 Å². The minimum Gasteiger partial charge on any atom is -0.390 e. The summed E-state index contributed by atoms with van der Waals surface area (Å²) >= 11 is 0. The zero-order valence-electron chi connectivity index (χ0n) is 61.2. The Hall–Kier alpha value is -5.99. The van der Waals surface area contributed by atoms with E-state index in [1.54, 1.807) is 48.5 Å². The number of likely N-dealkylation sites (N-methyl/N-ethyl adjacent to an activating group) is 8. The zero-order valence-corrected chi connectivity index (χ0v) is 61.2. The van der Waals surface area contributed by atoms with Crippen molar-refractivity contribution in [1.82, 2.24) is 60.5 Å². The first kappa shape index (κ1) is 83.1. The lowest BCUT2D eigenvalue weighted by Gasteiger charge is -2.41. The summed E-state index contributed by atoms with van der Waals surface area (Å²) in [6.07, 6.45) is -0.938. The fourth-order valence-electron chi connectivity index (χ4n) is 12.2. The van der Waals surface area contributed by atoms with Crippen LogP contribution in [0.15, 0.2) is 0 Å². The Balaban J connectivity index is 3.00. The second kappa shape index (κ2) is 37.9. The molecule has 2 saturated heterocycles. The minimum atomic E-state index is -1.61. The van der Waals surface area contributed by atoms with Crippen molar-refractivity contribution >= 4 is 65.0 Å². The van der Waals surface area contributed by atoms with Crippen molar-refractivity contribution in [2.24, 2.45) is 41.4 Å². The number of aliphatic hydroxyl groups is 1. The summed E-state index contributed by atoms with van der Waals surface area (Å²) in [6, 6.07) is -14.0.